The van der Waals surface area contributed by atoms with Crippen LogP contribution in [0, 0.1) is 5.92 Å². The van der Waals surface area contributed by atoms with Crippen molar-refractivity contribution in [2.45, 2.75) is 31.7 Å². The van der Waals surface area contributed by atoms with Gasteiger partial charge >= 0.3 is 5.97 Å². The maximum atomic E-state index is 12.2. The van der Waals surface area contributed by atoms with E-state index >= 15 is 0 Å². The van der Waals surface area contributed by atoms with Gasteiger partial charge in [0.25, 0.3) is 10.2 Å². The van der Waals surface area contributed by atoms with Crippen LogP contribution in [0.3, 0.4) is 0 Å². The molecule has 0 aromatic heterocycles. The van der Waals surface area contributed by atoms with Crippen molar-refractivity contribution < 1.29 is 22.5 Å². The first-order valence-corrected chi connectivity index (χ1v) is 9.66. The summed E-state index contributed by atoms with van der Waals surface area (Å²) in [6, 6.07) is -0.158. The summed E-state index contributed by atoms with van der Waals surface area (Å²) in [6.07, 6.45) is 1.89. The van der Waals surface area contributed by atoms with Crippen LogP contribution in [-0.2, 0) is 25.8 Å². The predicted molar refractivity (Wildman–Crippen MR) is 74.9 cm³/mol. The van der Waals surface area contributed by atoms with Gasteiger partial charge < -0.3 is 5.11 Å². The van der Waals surface area contributed by atoms with Crippen LogP contribution in [0.15, 0.2) is 0 Å². The van der Waals surface area contributed by atoms with Gasteiger partial charge in [-0.05, 0) is 25.7 Å². The second-order valence-electron chi connectivity index (χ2n) is 5.26. The number of nitrogens with zero attached hydrogens (tertiary/aromatic N) is 1. The van der Waals surface area contributed by atoms with Crippen LogP contribution in [0.25, 0.3) is 0 Å². The normalized spacial score (nSPS) is 30.2. The number of nitrogens with one attached hydrogen (secondary N) is 1. The molecule has 7 nitrogen and oxygen atoms in total. The Morgan fingerprint density at radius 1 is 1.15 bits per heavy atom. The van der Waals surface area contributed by atoms with Crippen molar-refractivity contribution in [2.24, 2.45) is 5.92 Å². The fraction of sp³-hybridized carbons (Fsp3) is 0.909. The van der Waals surface area contributed by atoms with E-state index in [-0.39, 0.29) is 19.1 Å². The number of hydrogen-bond acceptors (Lipinski definition) is 4. The van der Waals surface area contributed by atoms with E-state index in [9.17, 15) is 17.4 Å². The molecule has 0 amide bonds. The lowest BCUT2D eigenvalue weighted by molar-refractivity contribution is -0.142. The second-order valence-corrected chi connectivity index (χ2v) is 8.66. The van der Waals surface area contributed by atoms with E-state index in [0.717, 1.165) is 0 Å². The summed E-state index contributed by atoms with van der Waals surface area (Å²) >= 11 is 0. The summed E-state index contributed by atoms with van der Waals surface area (Å²) < 4.78 is 39.6. The highest BCUT2D eigenvalue weighted by molar-refractivity contribution is 7.87. The van der Waals surface area contributed by atoms with Crippen LogP contribution >= 0.6 is 0 Å². The van der Waals surface area contributed by atoms with Crippen molar-refractivity contribution in [2.75, 3.05) is 24.6 Å². The zero-order valence-corrected chi connectivity index (χ0v) is 12.8. The molecule has 0 atom stereocenters. The molecular weight excluding hydrogens is 304 g/mol. The molecule has 116 valence electrons. The molecule has 2 heterocycles. The Morgan fingerprint density at radius 3 is 2.20 bits per heavy atom. The Kier molecular flexibility index (Phi) is 5.16. The molecule has 2 N–H and O–H groups in total. The zero-order valence-electron chi connectivity index (χ0n) is 11.2. The molecule has 0 saturated carbocycles. The first-order valence-electron chi connectivity index (χ1n) is 6.73. The lowest BCUT2D eigenvalue weighted by Crippen LogP contribution is -2.50. The third-order valence-corrected chi connectivity index (χ3v) is 6.90. The fourth-order valence-corrected chi connectivity index (χ4v) is 5.34. The molecule has 2 rings (SSSR count). The van der Waals surface area contributed by atoms with Gasteiger partial charge in [-0.15, -0.1) is 0 Å². The van der Waals surface area contributed by atoms with E-state index < -0.39 is 32.9 Å². The van der Waals surface area contributed by atoms with E-state index in [0.29, 0.717) is 37.2 Å². The molecule has 2 aliphatic rings. The number of carbonyl (C=O) groups is 1. The fourth-order valence-electron chi connectivity index (χ4n) is 2.54. The monoisotopic (exact) mass is 324 g/mol. The van der Waals surface area contributed by atoms with Gasteiger partial charge in [0, 0.05) is 41.4 Å². The highest BCUT2D eigenvalue weighted by Gasteiger charge is 2.32. The molecule has 0 radical (unpaired) electrons. The molecule has 20 heavy (non-hydrogen) atoms. The first kappa shape index (κ1) is 15.9. The molecule has 2 aliphatic heterocycles. The number of piperidine rings is 1. The third-order valence-electron chi connectivity index (χ3n) is 3.85. The Labute approximate surface area is 121 Å². The Bertz CT molecular complexity index is 475. The molecule has 0 unspecified atom stereocenters. The lowest BCUT2D eigenvalue weighted by Gasteiger charge is -2.31. The van der Waals surface area contributed by atoms with Crippen molar-refractivity contribution in [3.05, 3.63) is 0 Å². The van der Waals surface area contributed by atoms with Gasteiger partial charge in [0.2, 0.25) is 0 Å². The third kappa shape index (κ3) is 4.00. The maximum absolute atomic E-state index is 12.2. The molecule has 0 aromatic rings. The van der Waals surface area contributed by atoms with Gasteiger partial charge in [-0.25, -0.2) is 0 Å². The number of rotatable bonds is 4. The highest BCUT2D eigenvalue weighted by atomic mass is 32.2. The van der Waals surface area contributed by atoms with Gasteiger partial charge in [0.15, 0.2) is 0 Å². The van der Waals surface area contributed by atoms with Crippen LogP contribution in [0.2, 0.25) is 0 Å². The molecule has 2 fully saturated rings. The minimum Gasteiger partial charge on any atom is -0.481 e. The van der Waals surface area contributed by atoms with Crippen molar-refractivity contribution in [3.8, 4) is 0 Å². The minimum atomic E-state index is -3.56. The Hall–Kier alpha value is -0.510. The van der Waals surface area contributed by atoms with Crippen LogP contribution in [0.5, 0.6) is 0 Å². The van der Waals surface area contributed by atoms with E-state index in [1.165, 1.54) is 4.31 Å². The van der Waals surface area contributed by atoms with Crippen molar-refractivity contribution >= 4 is 27.0 Å². The topological polar surface area (TPSA) is 104 Å². The molecule has 9 heteroatoms. The molecule has 0 aliphatic carbocycles. The van der Waals surface area contributed by atoms with E-state index in [4.69, 9.17) is 5.11 Å². The zero-order chi connectivity index (χ0) is 14.8. The second kappa shape index (κ2) is 6.50. The van der Waals surface area contributed by atoms with Crippen LogP contribution in [0.4, 0.5) is 0 Å². The molecule has 0 aromatic carbocycles. The Balaban J connectivity index is 1.88. The number of hydrogen-bond donors (Lipinski definition) is 2. The minimum absolute atomic E-state index is 0.158. The van der Waals surface area contributed by atoms with E-state index in [1.54, 1.807) is 0 Å². The van der Waals surface area contributed by atoms with Crippen molar-refractivity contribution in [1.82, 2.24) is 9.03 Å². The number of aliphatic carboxylic acids is 1. The average molecular weight is 324 g/mol. The number of carboxylic acid groups (broad SMARTS) is 1. The lowest BCUT2D eigenvalue weighted by atomic mass is 9.99. The number of carboxylic acids is 1. The Morgan fingerprint density at radius 2 is 1.70 bits per heavy atom. The largest absolute Gasteiger partial charge is 0.481 e. The van der Waals surface area contributed by atoms with Gasteiger partial charge in [-0.2, -0.15) is 17.4 Å². The summed E-state index contributed by atoms with van der Waals surface area (Å²) in [4.78, 5) is 10.8. The van der Waals surface area contributed by atoms with Crippen LogP contribution < -0.4 is 4.72 Å². The summed E-state index contributed by atoms with van der Waals surface area (Å²) in [5, 5.41) is 8.90. The maximum Gasteiger partial charge on any atom is 0.306 e. The smallest absolute Gasteiger partial charge is 0.306 e. The summed E-state index contributed by atoms with van der Waals surface area (Å²) in [6.45, 7) is 0.482. The van der Waals surface area contributed by atoms with Gasteiger partial charge in [-0.3, -0.25) is 9.00 Å². The van der Waals surface area contributed by atoms with Crippen molar-refractivity contribution in [3.63, 3.8) is 0 Å². The van der Waals surface area contributed by atoms with Gasteiger partial charge in [-0.1, -0.05) is 0 Å². The van der Waals surface area contributed by atoms with Crippen LogP contribution in [0.1, 0.15) is 25.7 Å². The predicted octanol–water partition coefficient (Wildman–Crippen LogP) is -0.471. The average Bonchev–Trinajstić information content (AvgIpc) is 2.41. The van der Waals surface area contributed by atoms with Crippen LogP contribution in [-0.4, -0.2) is 58.6 Å². The van der Waals surface area contributed by atoms with Crippen molar-refractivity contribution in [1.29, 1.82) is 0 Å². The summed E-state index contributed by atoms with van der Waals surface area (Å²) in [7, 11) is -4.38. The van der Waals surface area contributed by atoms with E-state index in [1.807, 2.05) is 0 Å². The van der Waals surface area contributed by atoms with E-state index in [2.05, 4.69) is 4.72 Å². The van der Waals surface area contributed by atoms with Gasteiger partial charge in [0.1, 0.15) is 0 Å². The quantitative estimate of drug-likeness (QED) is 0.727. The molecular formula is C11H20N2O5S2. The summed E-state index contributed by atoms with van der Waals surface area (Å²) in [5.74, 6) is -0.231. The summed E-state index contributed by atoms with van der Waals surface area (Å²) in [5.41, 5.74) is 0. The first-order chi connectivity index (χ1) is 9.38. The standard InChI is InChI=1S/C11H20N2O5S2/c14-11(15)9-1-5-13(6-2-9)20(17,18)12-10-3-7-19(16)8-4-10/h9-10,12H,1-8H2,(H,14,15). The SMILES string of the molecule is O=C(O)C1CCN(S(=O)(=O)NC2CCS(=O)CC2)CC1. The molecule has 2 saturated heterocycles. The molecule has 0 bridgehead atoms. The highest BCUT2D eigenvalue weighted by Crippen LogP contribution is 2.20. The van der Waals surface area contributed by atoms with Gasteiger partial charge in [0.05, 0.1) is 5.92 Å². The molecule has 0 spiro atoms.